The van der Waals surface area contributed by atoms with E-state index in [0.29, 0.717) is 41.5 Å². The molecule has 4 heteroatoms. The third kappa shape index (κ3) is 3.60. The maximum atomic E-state index is 14.0. The fourth-order valence-corrected chi connectivity index (χ4v) is 9.36. The maximum Gasteiger partial charge on any atom is 0.303 e. The summed E-state index contributed by atoms with van der Waals surface area (Å²) in [6, 6.07) is 0. The molecule has 0 bridgehead atoms. The molecule has 0 aromatic heterocycles. The zero-order valence-corrected chi connectivity index (χ0v) is 20.4. The molecule has 5 unspecified atom stereocenters. The zero-order valence-electron chi connectivity index (χ0n) is 20.4. The summed E-state index contributed by atoms with van der Waals surface area (Å²) in [5, 5.41) is 9.17. The molecule has 0 aromatic carbocycles. The molecule has 10 atom stereocenters. The average Bonchev–Trinajstić information content (AvgIpc) is 3.09. The van der Waals surface area contributed by atoms with E-state index < -0.39 is 5.97 Å². The van der Waals surface area contributed by atoms with E-state index in [2.05, 4.69) is 27.7 Å². The van der Waals surface area contributed by atoms with Crippen LogP contribution in [-0.2, 0) is 14.3 Å². The summed E-state index contributed by atoms with van der Waals surface area (Å²) in [5.74, 6) is 2.76. The summed E-state index contributed by atoms with van der Waals surface area (Å²) in [6.45, 7) is 9.44. The third-order valence-corrected chi connectivity index (χ3v) is 11.0. The number of methoxy groups -OCH3 is 1. The molecular formula is C27H44O4. The summed E-state index contributed by atoms with van der Waals surface area (Å²) in [5.41, 5.74) is 0.461. The Hall–Kier alpha value is -0.900. The first-order chi connectivity index (χ1) is 14.7. The molecular weight excluding hydrogens is 388 g/mol. The monoisotopic (exact) mass is 432 g/mol. The maximum absolute atomic E-state index is 14.0. The third-order valence-electron chi connectivity index (χ3n) is 11.0. The predicted octanol–water partition coefficient (Wildman–Crippen LogP) is 5.98. The average molecular weight is 433 g/mol. The van der Waals surface area contributed by atoms with E-state index >= 15 is 0 Å². The summed E-state index contributed by atoms with van der Waals surface area (Å²) in [4.78, 5) is 25.2. The molecule has 31 heavy (non-hydrogen) atoms. The Morgan fingerprint density at radius 2 is 1.77 bits per heavy atom. The smallest absolute Gasteiger partial charge is 0.303 e. The molecule has 0 spiro atoms. The quantitative estimate of drug-likeness (QED) is 0.561. The second-order valence-corrected chi connectivity index (χ2v) is 12.0. The molecule has 4 rings (SSSR count). The van der Waals surface area contributed by atoms with Gasteiger partial charge in [-0.3, -0.25) is 9.59 Å². The van der Waals surface area contributed by atoms with Gasteiger partial charge < -0.3 is 9.84 Å². The highest BCUT2D eigenvalue weighted by Gasteiger charge is 2.65. The second kappa shape index (κ2) is 8.47. The Morgan fingerprint density at radius 3 is 2.42 bits per heavy atom. The first-order valence-electron chi connectivity index (χ1n) is 13.0. The Labute approximate surface area is 188 Å². The van der Waals surface area contributed by atoms with Crippen LogP contribution in [0.5, 0.6) is 0 Å². The highest BCUT2D eigenvalue weighted by molar-refractivity contribution is 5.86. The molecule has 4 nitrogen and oxygen atoms in total. The predicted molar refractivity (Wildman–Crippen MR) is 122 cm³/mol. The molecule has 4 saturated carbocycles. The number of ketones is 1. The standard InChI is InChI=1S/C27H44O4/c1-6-18-22-15-17(31-5)11-13-27(22,4)21-12-14-26(3)19(16(2)7-10-23(28)29)8-9-20(26)24(21)25(18)30/h16-22,24H,6-15H2,1-5H3,(H,28,29)/t16-,17-,18-,19?,20?,21?,22?,24?,26-,27-/m1/s1. The van der Waals surface area contributed by atoms with Crippen molar-refractivity contribution in [3.05, 3.63) is 0 Å². The van der Waals surface area contributed by atoms with Crippen molar-refractivity contribution in [1.82, 2.24) is 0 Å². The molecule has 0 amide bonds. The molecule has 0 radical (unpaired) electrons. The van der Waals surface area contributed by atoms with Gasteiger partial charge in [0.25, 0.3) is 0 Å². The minimum absolute atomic E-state index is 0.190. The molecule has 4 aliphatic carbocycles. The number of aliphatic carboxylic acids is 1. The highest BCUT2D eigenvalue weighted by atomic mass is 16.5. The molecule has 0 heterocycles. The van der Waals surface area contributed by atoms with Gasteiger partial charge in [-0.1, -0.05) is 27.7 Å². The SMILES string of the molecule is CC[C@H]1C(=O)C2C3CCC([C@H](C)CCC(=O)O)[C@@]3(C)CCC2[C@@]2(C)CC[C@@H](OC)CC12. The Bertz CT molecular complexity index is 703. The number of carbonyl (C=O) groups is 2. The normalized spacial score (nSPS) is 47.9. The number of fused-ring (bicyclic) bond motifs is 5. The Kier molecular flexibility index (Phi) is 6.35. The lowest BCUT2D eigenvalue weighted by Gasteiger charge is -2.62. The number of Topliss-reactive ketones (excluding diaryl/α,β-unsaturated/α-hetero) is 1. The van der Waals surface area contributed by atoms with Crippen molar-refractivity contribution in [3.8, 4) is 0 Å². The number of carboxylic acid groups (broad SMARTS) is 1. The van der Waals surface area contributed by atoms with Crippen LogP contribution in [0.4, 0.5) is 0 Å². The van der Waals surface area contributed by atoms with Crippen LogP contribution in [0.25, 0.3) is 0 Å². The molecule has 1 N–H and O–H groups in total. The van der Waals surface area contributed by atoms with Gasteiger partial charge in [0.2, 0.25) is 0 Å². The van der Waals surface area contributed by atoms with E-state index in [1.54, 1.807) is 0 Å². The lowest BCUT2D eigenvalue weighted by atomic mass is 9.42. The van der Waals surface area contributed by atoms with Crippen LogP contribution < -0.4 is 0 Å². The number of rotatable bonds is 6. The van der Waals surface area contributed by atoms with Crippen LogP contribution in [0.1, 0.15) is 91.9 Å². The molecule has 4 aliphatic rings. The molecule has 0 aromatic rings. The zero-order chi connectivity index (χ0) is 22.6. The van der Waals surface area contributed by atoms with Gasteiger partial charge in [-0.2, -0.15) is 0 Å². The molecule has 0 saturated heterocycles. The van der Waals surface area contributed by atoms with Crippen LogP contribution in [0, 0.1) is 52.3 Å². The number of hydrogen-bond donors (Lipinski definition) is 1. The van der Waals surface area contributed by atoms with Gasteiger partial charge in [-0.05, 0) is 98.2 Å². The number of hydrogen-bond acceptors (Lipinski definition) is 3. The van der Waals surface area contributed by atoms with Gasteiger partial charge in [0.05, 0.1) is 6.10 Å². The fourth-order valence-electron chi connectivity index (χ4n) is 9.36. The van der Waals surface area contributed by atoms with Gasteiger partial charge in [-0.25, -0.2) is 0 Å². The molecule has 0 aliphatic heterocycles. The van der Waals surface area contributed by atoms with Crippen LogP contribution in [0.3, 0.4) is 0 Å². The second-order valence-electron chi connectivity index (χ2n) is 12.0. The lowest BCUT2D eigenvalue weighted by Crippen LogP contribution is -2.60. The summed E-state index contributed by atoms with van der Waals surface area (Å²) in [6.07, 6.45) is 10.4. The summed E-state index contributed by atoms with van der Waals surface area (Å²) >= 11 is 0. The van der Waals surface area contributed by atoms with Crippen LogP contribution in [0.2, 0.25) is 0 Å². The summed E-state index contributed by atoms with van der Waals surface area (Å²) in [7, 11) is 1.83. The number of carbonyl (C=O) groups excluding carboxylic acids is 1. The van der Waals surface area contributed by atoms with E-state index in [0.717, 1.165) is 32.1 Å². The topological polar surface area (TPSA) is 63.6 Å². The van der Waals surface area contributed by atoms with Crippen molar-refractivity contribution >= 4 is 11.8 Å². The molecule has 176 valence electrons. The number of carboxylic acids is 1. The fraction of sp³-hybridized carbons (Fsp3) is 0.926. The van der Waals surface area contributed by atoms with E-state index in [9.17, 15) is 9.59 Å². The van der Waals surface area contributed by atoms with Crippen LogP contribution in [-0.4, -0.2) is 30.1 Å². The van der Waals surface area contributed by atoms with E-state index in [-0.39, 0.29) is 29.1 Å². The van der Waals surface area contributed by atoms with Gasteiger partial charge >= 0.3 is 5.97 Å². The highest BCUT2D eigenvalue weighted by Crippen LogP contribution is 2.68. The summed E-state index contributed by atoms with van der Waals surface area (Å²) < 4.78 is 5.76. The van der Waals surface area contributed by atoms with Crippen molar-refractivity contribution in [3.63, 3.8) is 0 Å². The van der Waals surface area contributed by atoms with Crippen molar-refractivity contribution in [2.45, 2.75) is 98.0 Å². The molecule has 4 fully saturated rings. The first kappa shape index (κ1) is 23.3. The van der Waals surface area contributed by atoms with E-state index in [1.165, 1.54) is 25.7 Å². The Balaban J connectivity index is 1.61. The first-order valence-corrected chi connectivity index (χ1v) is 13.0. The van der Waals surface area contributed by atoms with E-state index in [1.807, 2.05) is 7.11 Å². The van der Waals surface area contributed by atoms with Crippen molar-refractivity contribution in [1.29, 1.82) is 0 Å². The largest absolute Gasteiger partial charge is 0.481 e. The van der Waals surface area contributed by atoms with Gasteiger partial charge in [0.1, 0.15) is 5.78 Å². The van der Waals surface area contributed by atoms with Crippen molar-refractivity contribution in [2.24, 2.45) is 52.3 Å². The minimum Gasteiger partial charge on any atom is -0.481 e. The van der Waals surface area contributed by atoms with Crippen molar-refractivity contribution in [2.75, 3.05) is 7.11 Å². The lowest BCUT2D eigenvalue weighted by molar-refractivity contribution is -0.174. The van der Waals surface area contributed by atoms with Gasteiger partial charge in [0, 0.05) is 25.4 Å². The Morgan fingerprint density at radius 1 is 1.10 bits per heavy atom. The number of ether oxygens (including phenoxy) is 1. The van der Waals surface area contributed by atoms with E-state index in [4.69, 9.17) is 9.84 Å². The van der Waals surface area contributed by atoms with Gasteiger partial charge in [0.15, 0.2) is 0 Å². The minimum atomic E-state index is -0.686. The van der Waals surface area contributed by atoms with Crippen LogP contribution >= 0.6 is 0 Å². The van der Waals surface area contributed by atoms with Gasteiger partial charge in [-0.15, -0.1) is 0 Å². The van der Waals surface area contributed by atoms with Crippen molar-refractivity contribution < 1.29 is 19.4 Å². The van der Waals surface area contributed by atoms with Crippen LogP contribution in [0.15, 0.2) is 0 Å².